The summed E-state index contributed by atoms with van der Waals surface area (Å²) in [6, 6.07) is 3.19. The molecule has 1 amide bonds. The van der Waals surface area contributed by atoms with Crippen LogP contribution in [0.4, 0.5) is 5.82 Å². The Bertz CT molecular complexity index is 1040. The Balaban J connectivity index is 1.51. The number of aromatic nitrogens is 2. The Morgan fingerprint density at radius 2 is 1.97 bits per heavy atom. The number of carboxylic acids is 1. The SMILES string of the molecule is CCOCCN(CCCCc1ccc2c(n1)NCCC2)CCC(NC(=O)c1c(Cl)cncc1Cl)C(=O)O. The van der Waals surface area contributed by atoms with Crippen LogP contribution in [-0.2, 0) is 22.4 Å². The molecule has 2 aromatic heterocycles. The van der Waals surface area contributed by atoms with Crippen LogP contribution < -0.4 is 10.6 Å². The number of carbonyl (C=O) groups excluding carboxylic acids is 1. The lowest BCUT2D eigenvalue weighted by Gasteiger charge is -2.24. The molecule has 202 valence electrons. The highest BCUT2D eigenvalue weighted by Gasteiger charge is 2.24. The Labute approximate surface area is 227 Å². The quantitative estimate of drug-likeness (QED) is 0.283. The molecule has 1 aliphatic rings. The largest absolute Gasteiger partial charge is 0.480 e. The summed E-state index contributed by atoms with van der Waals surface area (Å²) in [5.41, 5.74) is 2.38. The molecule has 9 nitrogen and oxygen atoms in total. The van der Waals surface area contributed by atoms with Crippen LogP contribution in [0.5, 0.6) is 0 Å². The molecule has 3 N–H and O–H groups in total. The molecule has 0 fully saturated rings. The van der Waals surface area contributed by atoms with Crippen LogP contribution in [0.1, 0.15) is 54.2 Å². The number of nitrogens with zero attached hydrogens (tertiary/aromatic N) is 3. The summed E-state index contributed by atoms with van der Waals surface area (Å²) in [5, 5.41) is 15.8. The highest BCUT2D eigenvalue weighted by Crippen LogP contribution is 2.23. The summed E-state index contributed by atoms with van der Waals surface area (Å²) in [6.45, 7) is 6.04. The first-order valence-corrected chi connectivity index (χ1v) is 13.5. The molecular formula is C26H35Cl2N5O4. The molecule has 3 heterocycles. The minimum absolute atomic E-state index is 0.0174. The number of ether oxygens (including phenoxy) is 1. The van der Waals surface area contributed by atoms with E-state index < -0.39 is 17.9 Å². The number of rotatable bonds is 15. The highest BCUT2D eigenvalue weighted by atomic mass is 35.5. The third-order valence-electron chi connectivity index (χ3n) is 6.28. The summed E-state index contributed by atoms with van der Waals surface area (Å²) in [7, 11) is 0. The molecule has 0 saturated carbocycles. The second kappa shape index (κ2) is 15.1. The average Bonchev–Trinajstić information content (AvgIpc) is 2.88. The van der Waals surface area contributed by atoms with Gasteiger partial charge in [0.05, 0.1) is 22.2 Å². The van der Waals surface area contributed by atoms with Gasteiger partial charge in [0, 0.05) is 44.3 Å². The van der Waals surface area contributed by atoms with E-state index in [4.69, 9.17) is 32.9 Å². The smallest absolute Gasteiger partial charge is 0.326 e. The minimum atomic E-state index is -1.12. The second-order valence-corrected chi connectivity index (χ2v) is 9.78. The summed E-state index contributed by atoms with van der Waals surface area (Å²) in [4.78, 5) is 35.3. The van der Waals surface area contributed by atoms with Crippen LogP contribution in [0.15, 0.2) is 24.5 Å². The molecule has 1 atom stereocenters. The number of hydrogen-bond donors (Lipinski definition) is 3. The van der Waals surface area contributed by atoms with Crippen molar-refractivity contribution in [2.24, 2.45) is 0 Å². The zero-order valence-electron chi connectivity index (χ0n) is 21.1. The predicted octanol–water partition coefficient (Wildman–Crippen LogP) is 4.08. The molecule has 0 bridgehead atoms. The number of carboxylic acid groups (broad SMARTS) is 1. The molecule has 1 unspecified atom stereocenters. The van der Waals surface area contributed by atoms with E-state index in [0.717, 1.165) is 56.7 Å². The molecular weight excluding hydrogens is 517 g/mol. The third kappa shape index (κ3) is 9.10. The fraction of sp³-hybridized carbons (Fsp3) is 0.538. The van der Waals surface area contributed by atoms with Crippen LogP contribution in [0.25, 0.3) is 0 Å². The molecule has 11 heteroatoms. The van der Waals surface area contributed by atoms with Gasteiger partial charge in [-0.15, -0.1) is 0 Å². The summed E-state index contributed by atoms with van der Waals surface area (Å²) in [6.07, 6.45) is 7.82. The molecule has 37 heavy (non-hydrogen) atoms. The van der Waals surface area contributed by atoms with Gasteiger partial charge in [-0.05, 0) is 63.6 Å². The Hall–Kier alpha value is -2.46. The van der Waals surface area contributed by atoms with Crippen molar-refractivity contribution in [3.05, 3.63) is 51.4 Å². The number of aryl methyl sites for hydroxylation is 2. The van der Waals surface area contributed by atoms with Crippen molar-refractivity contribution >= 4 is 40.9 Å². The maximum Gasteiger partial charge on any atom is 0.326 e. The number of aliphatic carboxylic acids is 1. The van der Waals surface area contributed by atoms with Crippen LogP contribution >= 0.6 is 23.2 Å². The molecule has 1 aliphatic heterocycles. The molecule has 2 aromatic rings. The summed E-state index contributed by atoms with van der Waals surface area (Å²) < 4.78 is 5.52. The number of anilines is 1. The van der Waals surface area contributed by atoms with Crippen LogP contribution in [0.2, 0.25) is 10.0 Å². The predicted molar refractivity (Wildman–Crippen MR) is 145 cm³/mol. The van der Waals surface area contributed by atoms with Gasteiger partial charge >= 0.3 is 5.97 Å². The number of unbranched alkanes of at least 4 members (excludes halogenated alkanes) is 1. The van der Waals surface area contributed by atoms with E-state index in [9.17, 15) is 14.7 Å². The van der Waals surface area contributed by atoms with Crippen molar-refractivity contribution < 1.29 is 19.4 Å². The maximum atomic E-state index is 12.7. The number of hydrogen-bond acceptors (Lipinski definition) is 7. The van der Waals surface area contributed by atoms with Gasteiger partial charge < -0.3 is 25.4 Å². The van der Waals surface area contributed by atoms with Crippen molar-refractivity contribution in [2.45, 2.75) is 51.5 Å². The Morgan fingerprint density at radius 1 is 1.19 bits per heavy atom. The van der Waals surface area contributed by atoms with Gasteiger partial charge in [-0.2, -0.15) is 0 Å². The first kappa shape index (κ1) is 29.1. The van der Waals surface area contributed by atoms with Gasteiger partial charge in [-0.1, -0.05) is 29.3 Å². The monoisotopic (exact) mass is 551 g/mol. The van der Waals surface area contributed by atoms with Gasteiger partial charge in [0.1, 0.15) is 11.9 Å². The van der Waals surface area contributed by atoms with Gasteiger partial charge in [0.15, 0.2) is 0 Å². The number of halogens is 2. The molecule has 0 saturated heterocycles. The number of carbonyl (C=O) groups is 2. The van der Waals surface area contributed by atoms with Crippen LogP contribution in [0.3, 0.4) is 0 Å². The molecule has 0 spiro atoms. The van der Waals surface area contributed by atoms with E-state index in [2.05, 4.69) is 32.7 Å². The highest BCUT2D eigenvalue weighted by molar-refractivity contribution is 6.39. The van der Waals surface area contributed by atoms with Crippen molar-refractivity contribution in [2.75, 3.05) is 44.7 Å². The fourth-order valence-electron chi connectivity index (χ4n) is 4.25. The zero-order valence-corrected chi connectivity index (χ0v) is 22.7. The first-order chi connectivity index (χ1) is 17.9. The average molecular weight is 553 g/mol. The van der Waals surface area contributed by atoms with E-state index in [0.29, 0.717) is 26.3 Å². The second-order valence-electron chi connectivity index (χ2n) is 8.97. The lowest BCUT2D eigenvalue weighted by Crippen LogP contribution is -2.43. The minimum Gasteiger partial charge on any atom is -0.480 e. The normalized spacial score (nSPS) is 13.6. The van der Waals surface area contributed by atoms with Gasteiger partial charge in [0.25, 0.3) is 5.91 Å². The first-order valence-electron chi connectivity index (χ1n) is 12.7. The molecule has 3 rings (SSSR count). The van der Waals surface area contributed by atoms with Crippen LogP contribution in [0, 0.1) is 0 Å². The number of nitrogens with one attached hydrogen (secondary N) is 2. The van der Waals surface area contributed by atoms with E-state index in [-0.39, 0.29) is 22.0 Å². The van der Waals surface area contributed by atoms with Crippen molar-refractivity contribution in [3.8, 4) is 0 Å². The van der Waals surface area contributed by atoms with E-state index in [1.807, 2.05) is 6.92 Å². The van der Waals surface area contributed by atoms with Gasteiger partial charge in [0.2, 0.25) is 0 Å². The van der Waals surface area contributed by atoms with Crippen molar-refractivity contribution in [3.63, 3.8) is 0 Å². The maximum absolute atomic E-state index is 12.7. The standard InChI is InChI=1S/C26H35Cl2N5O4/c1-2-37-15-14-33(12-4-3-7-19-9-8-18-6-5-11-30-24(18)31-19)13-10-22(26(35)36)32-25(34)23-20(27)16-29-17-21(23)28/h8-9,16-17,22H,2-7,10-15H2,1H3,(H,30,31)(H,32,34)(H,35,36). The zero-order chi connectivity index (χ0) is 26.6. The van der Waals surface area contributed by atoms with Gasteiger partial charge in [-0.25, -0.2) is 9.78 Å². The van der Waals surface area contributed by atoms with Crippen LogP contribution in [-0.4, -0.2) is 77.3 Å². The summed E-state index contributed by atoms with van der Waals surface area (Å²) in [5.74, 6) is -0.748. The van der Waals surface area contributed by atoms with E-state index in [1.54, 1.807) is 0 Å². The molecule has 0 radical (unpaired) electrons. The number of amides is 1. The van der Waals surface area contributed by atoms with Crippen molar-refractivity contribution in [1.29, 1.82) is 0 Å². The lowest BCUT2D eigenvalue weighted by atomic mass is 10.1. The molecule has 0 aliphatic carbocycles. The Morgan fingerprint density at radius 3 is 2.70 bits per heavy atom. The third-order valence-corrected chi connectivity index (χ3v) is 6.86. The van der Waals surface area contributed by atoms with Crippen molar-refractivity contribution in [1.82, 2.24) is 20.2 Å². The van der Waals surface area contributed by atoms with E-state index in [1.165, 1.54) is 18.0 Å². The number of fused-ring (bicyclic) bond motifs is 1. The Kier molecular flexibility index (Phi) is 11.9. The topological polar surface area (TPSA) is 117 Å². The summed E-state index contributed by atoms with van der Waals surface area (Å²) >= 11 is 12.1. The van der Waals surface area contributed by atoms with E-state index >= 15 is 0 Å². The number of pyridine rings is 2. The van der Waals surface area contributed by atoms with Gasteiger partial charge in [-0.3, -0.25) is 9.78 Å². The fourth-order valence-corrected chi connectivity index (χ4v) is 4.79. The molecule has 0 aromatic carbocycles. The lowest BCUT2D eigenvalue weighted by molar-refractivity contribution is -0.139.